The summed E-state index contributed by atoms with van der Waals surface area (Å²) in [4.78, 5) is 8.21. The molecule has 0 aliphatic carbocycles. The summed E-state index contributed by atoms with van der Waals surface area (Å²) in [5.74, 6) is 0.793. The van der Waals surface area contributed by atoms with Gasteiger partial charge in [-0.05, 0) is 6.07 Å². The smallest absolute Gasteiger partial charge is 0.159 e. The van der Waals surface area contributed by atoms with Crippen molar-refractivity contribution in [2.75, 3.05) is 6.54 Å². The van der Waals surface area contributed by atoms with E-state index in [1.165, 1.54) is 0 Å². The highest BCUT2D eigenvalue weighted by molar-refractivity contribution is 4.99. The molecule has 2 rings (SSSR count). The van der Waals surface area contributed by atoms with Crippen LogP contribution in [0.15, 0.2) is 18.5 Å². The molecule has 1 atom stereocenters. The first kappa shape index (κ1) is 6.69. The van der Waals surface area contributed by atoms with Crippen LogP contribution in [0, 0.1) is 6.54 Å². The van der Waals surface area contributed by atoms with Gasteiger partial charge in [0.2, 0.25) is 0 Å². The minimum absolute atomic E-state index is 0.0937. The van der Waals surface area contributed by atoms with E-state index in [1.807, 2.05) is 12.6 Å². The van der Waals surface area contributed by atoms with Crippen LogP contribution in [-0.2, 0) is 0 Å². The SMILES string of the molecule is [CH]1CNC(c2ncccn2)N1. The average Bonchev–Trinajstić information content (AvgIpc) is 2.58. The Bertz CT molecular complexity index is 217. The van der Waals surface area contributed by atoms with Gasteiger partial charge in [-0.1, -0.05) is 0 Å². The summed E-state index contributed by atoms with van der Waals surface area (Å²) < 4.78 is 0. The lowest BCUT2D eigenvalue weighted by atomic mass is 10.4. The number of nitrogens with zero attached hydrogens (tertiary/aromatic N) is 2. The Kier molecular flexibility index (Phi) is 1.79. The van der Waals surface area contributed by atoms with Gasteiger partial charge in [0.25, 0.3) is 0 Å². The van der Waals surface area contributed by atoms with E-state index < -0.39 is 0 Å². The van der Waals surface area contributed by atoms with Crippen molar-refractivity contribution in [2.24, 2.45) is 0 Å². The molecule has 1 aromatic rings. The maximum absolute atomic E-state index is 4.10. The third-order valence-electron chi connectivity index (χ3n) is 1.55. The molecule has 2 N–H and O–H groups in total. The number of rotatable bonds is 1. The van der Waals surface area contributed by atoms with E-state index in [4.69, 9.17) is 0 Å². The highest BCUT2D eigenvalue weighted by Crippen LogP contribution is 2.05. The van der Waals surface area contributed by atoms with Crippen LogP contribution >= 0.6 is 0 Å². The Balaban J connectivity index is 2.16. The van der Waals surface area contributed by atoms with Crippen LogP contribution in [0.5, 0.6) is 0 Å². The van der Waals surface area contributed by atoms with Gasteiger partial charge in [0.15, 0.2) is 5.82 Å². The molecule has 1 aliphatic rings. The van der Waals surface area contributed by atoms with Crippen LogP contribution < -0.4 is 10.6 Å². The number of hydrogen-bond acceptors (Lipinski definition) is 4. The Hall–Kier alpha value is -1.00. The van der Waals surface area contributed by atoms with Crippen molar-refractivity contribution in [1.82, 2.24) is 20.6 Å². The Morgan fingerprint density at radius 2 is 2.18 bits per heavy atom. The van der Waals surface area contributed by atoms with Gasteiger partial charge in [-0.3, -0.25) is 10.6 Å². The minimum Gasteiger partial charge on any atom is -0.294 e. The molecule has 1 unspecified atom stereocenters. The molecule has 2 heterocycles. The largest absolute Gasteiger partial charge is 0.294 e. The van der Waals surface area contributed by atoms with E-state index in [0.29, 0.717) is 0 Å². The van der Waals surface area contributed by atoms with E-state index in [9.17, 15) is 0 Å². The average molecular weight is 149 g/mol. The second kappa shape index (κ2) is 2.94. The molecular formula is C7H9N4. The van der Waals surface area contributed by atoms with Gasteiger partial charge in [-0.15, -0.1) is 0 Å². The molecule has 0 bridgehead atoms. The van der Waals surface area contributed by atoms with Crippen molar-refractivity contribution in [2.45, 2.75) is 6.17 Å². The number of hydrogen-bond donors (Lipinski definition) is 2. The monoisotopic (exact) mass is 149 g/mol. The quantitative estimate of drug-likeness (QED) is 0.582. The molecule has 1 aromatic heterocycles. The second-order valence-electron chi connectivity index (χ2n) is 2.32. The second-order valence-corrected chi connectivity index (χ2v) is 2.32. The first-order valence-corrected chi connectivity index (χ1v) is 3.55. The zero-order valence-electron chi connectivity index (χ0n) is 5.99. The van der Waals surface area contributed by atoms with E-state index in [2.05, 4.69) is 20.6 Å². The molecule has 11 heavy (non-hydrogen) atoms. The normalized spacial score (nSPS) is 18.9. The Morgan fingerprint density at radius 3 is 2.82 bits per heavy atom. The van der Waals surface area contributed by atoms with Crippen molar-refractivity contribution in [3.63, 3.8) is 0 Å². The molecule has 0 saturated carbocycles. The van der Waals surface area contributed by atoms with Crippen molar-refractivity contribution in [3.05, 3.63) is 30.8 Å². The minimum atomic E-state index is 0.0937. The first-order valence-electron chi connectivity index (χ1n) is 3.55. The molecule has 1 aliphatic heterocycles. The summed E-state index contributed by atoms with van der Waals surface area (Å²) in [7, 11) is 0. The summed E-state index contributed by atoms with van der Waals surface area (Å²) in [5, 5.41) is 6.29. The molecular weight excluding hydrogens is 140 g/mol. The Labute approximate surface area is 65.1 Å². The zero-order valence-corrected chi connectivity index (χ0v) is 5.99. The molecule has 1 saturated heterocycles. The van der Waals surface area contributed by atoms with Crippen LogP contribution in [0.25, 0.3) is 0 Å². The molecule has 1 fully saturated rings. The fourth-order valence-electron chi connectivity index (χ4n) is 1.04. The zero-order chi connectivity index (χ0) is 7.52. The van der Waals surface area contributed by atoms with Crippen LogP contribution in [0.4, 0.5) is 0 Å². The lowest BCUT2D eigenvalue weighted by Crippen LogP contribution is -2.22. The molecule has 0 spiro atoms. The molecule has 4 heteroatoms. The maximum Gasteiger partial charge on any atom is 0.159 e. The highest BCUT2D eigenvalue weighted by Gasteiger charge is 2.16. The van der Waals surface area contributed by atoms with Crippen molar-refractivity contribution >= 4 is 0 Å². The van der Waals surface area contributed by atoms with Crippen molar-refractivity contribution in [1.29, 1.82) is 0 Å². The van der Waals surface area contributed by atoms with Gasteiger partial charge >= 0.3 is 0 Å². The summed E-state index contributed by atoms with van der Waals surface area (Å²) in [5.41, 5.74) is 0. The topological polar surface area (TPSA) is 49.8 Å². The van der Waals surface area contributed by atoms with Crippen LogP contribution in [0.3, 0.4) is 0 Å². The summed E-state index contributed by atoms with van der Waals surface area (Å²) in [6, 6.07) is 1.81. The lowest BCUT2D eigenvalue weighted by Gasteiger charge is -2.06. The first-order chi connectivity index (χ1) is 5.47. The molecule has 57 valence electrons. The fraction of sp³-hybridized carbons (Fsp3) is 0.286. The molecule has 0 amide bonds. The number of aromatic nitrogens is 2. The van der Waals surface area contributed by atoms with E-state index in [1.54, 1.807) is 12.4 Å². The summed E-state index contributed by atoms with van der Waals surface area (Å²) in [6.07, 6.45) is 3.57. The Morgan fingerprint density at radius 1 is 1.36 bits per heavy atom. The molecule has 1 radical (unpaired) electrons. The van der Waals surface area contributed by atoms with Crippen molar-refractivity contribution < 1.29 is 0 Å². The van der Waals surface area contributed by atoms with Gasteiger partial charge in [-0.25, -0.2) is 9.97 Å². The maximum atomic E-state index is 4.10. The third-order valence-corrected chi connectivity index (χ3v) is 1.55. The van der Waals surface area contributed by atoms with Gasteiger partial charge in [-0.2, -0.15) is 0 Å². The number of nitrogens with one attached hydrogen (secondary N) is 2. The summed E-state index contributed by atoms with van der Waals surface area (Å²) >= 11 is 0. The van der Waals surface area contributed by atoms with E-state index in [-0.39, 0.29) is 6.17 Å². The van der Waals surface area contributed by atoms with Crippen LogP contribution in [0.2, 0.25) is 0 Å². The standard InChI is InChI=1S/C7H9N4/c1-2-8-6(9-3-1)7-10-4-5-11-7/h1-4,7,10-11H,5H2. The lowest BCUT2D eigenvalue weighted by molar-refractivity contribution is 0.558. The van der Waals surface area contributed by atoms with Gasteiger partial charge < -0.3 is 0 Å². The molecule has 4 nitrogen and oxygen atoms in total. The van der Waals surface area contributed by atoms with Gasteiger partial charge in [0.1, 0.15) is 6.17 Å². The molecule has 0 aromatic carbocycles. The fourth-order valence-corrected chi connectivity index (χ4v) is 1.04. The van der Waals surface area contributed by atoms with Gasteiger partial charge in [0, 0.05) is 25.5 Å². The predicted octanol–water partition coefficient (Wildman–Crippen LogP) is -0.170. The van der Waals surface area contributed by atoms with E-state index >= 15 is 0 Å². The van der Waals surface area contributed by atoms with E-state index in [0.717, 1.165) is 12.4 Å². The highest BCUT2D eigenvalue weighted by atomic mass is 15.2. The third kappa shape index (κ3) is 1.36. The van der Waals surface area contributed by atoms with Crippen LogP contribution in [0.1, 0.15) is 12.0 Å². The summed E-state index contributed by atoms with van der Waals surface area (Å²) in [6.45, 7) is 2.82. The predicted molar refractivity (Wildman–Crippen MR) is 40.2 cm³/mol. The van der Waals surface area contributed by atoms with Crippen LogP contribution in [-0.4, -0.2) is 16.5 Å². The van der Waals surface area contributed by atoms with Crippen molar-refractivity contribution in [3.8, 4) is 0 Å². The van der Waals surface area contributed by atoms with Gasteiger partial charge in [0.05, 0.1) is 0 Å².